The number of unbranched alkanes of at least 4 members (excludes halogenated alkanes) is 3. The van der Waals surface area contributed by atoms with E-state index in [-0.39, 0.29) is 16.2 Å². The largest absolute Gasteiger partial charge is 0.389 e. The van der Waals surface area contributed by atoms with Crippen LogP contribution in [-0.4, -0.2) is 23.5 Å². The Morgan fingerprint density at radius 3 is 2.55 bits per heavy atom. The summed E-state index contributed by atoms with van der Waals surface area (Å²) in [4.78, 5) is -0.137. The smallest absolute Gasteiger partial charge is 0.182 e. The molecule has 0 bridgehead atoms. The zero-order valence-corrected chi connectivity index (χ0v) is 13.2. The van der Waals surface area contributed by atoms with E-state index in [0.29, 0.717) is 6.54 Å². The summed E-state index contributed by atoms with van der Waals surface area (Å²) in [5.41, 5.74) is 5.42. The quantitative estimate of drug-likeness (QED) is 0.534. The van der Waals surface area contributed by atoms with Gasteiger partial charge in [0.2, 0.25) is 0 Å². The molecule has 2 nitrogen and oxygen atoms in total. The molecule has 1 aromatic carbocycles. The van der Waals surface area contributed by atoms with Crippen LogP contribution in [-0.2, 0) is 0 Å². The van der Waals surface area contributed by atoms with Crippen molar-refractivity contribution in [3.05, 3.63) is 29.3 Å². The van der Waals surface area contributed by atoms with Gasteiger partial charge in [0.25, 0.3) is 0 Å². The molecule has 1 rings (SSSR count). The number of benzene rings is 1. The Balaban J connectivity index is 2.41. The summed E-state index contributed by atoms with van der Waals surface area (Å²) in [7, 11) is 0. The van der Waals surface area contributed by atoms with Gasteiger partial charge in [-0.05, 0) is 37.0 Å². The fraction of sp³-hybridized carbons (Fsp3) is 0.500. The summed E-state index contributed by atoms with van der Waals surface area (Å²) in [6.45, 7) is 0.627. The fourth-order valence-electron chi connectivity index (χ4n) is 1.82. The van der Waals surface area contributed by atoms with E-state index in [9.17, 15) is 8.78 Å². The minimum Gasteiger partial charge on any atom is -0.389 e. The minimum atomic E-state index is -0.984. The van der Waals surface area contributed by atoms with E-state index in [1.165, 1.54) is 30.7 Å². The third kappa shape index (κ3) is 5.25. The van der Waals surface area contributed by atoms with Crippen LogP contribution in [0.3, 0.4) is 0 Å². The van der Waals surface area contributed by atoms with Gasteiger partial charge in [-0.15, -0.1) is 0 Å². The van der Waals surface area contributed by atoms with E-state index in [2.05, 4.69) is 23.8 Å². The number of hydrogen-bond acceptors (Lipinski definition) is 3. The lowest BCUT2D eigenvalue weighted by molar-refractivity contribution is 0.509. The van der Waals surface area contributed by atoms with E-state index in [0.717, 1.165) is 12.8 Å². The van der Waals surface area contributed by atoms with Gasteiger partial charge in [-0.3, -0.25) is 0 Å². The maximum Gasteiger partial charge on any atom is 0.182 e. The second kappa shape index (κ2) is 9.13. The highest BCUT2D eigenvalue weighted by Gasteiger charge is 2.14. The maximum atomic E-state index is 13.7. The molecule has 3 N–H and O–H groups in total. The first-order chi connectivity index (χ1) is 9.57. The number of thioether (sulfide) groups is 1. The van der Waals surface area contributed by atoms with Crippen LogP contribution in [0.2, 0.25) is 0 Å². The molecular weight excluding hydrogens is 298 g/mol. The molecule has 0 spiro atoms. The maximum absolute atomic E-state index is 13.7. The Morgan fingerprint density at radius 2 is 1.90 bits per heavy atom. The van der Waals surface area contributed by atoms with Crippen LogP contribution in [0.4, 0.5) is 14.5 Å². The summed E-state index contributed by atoms with van der Waals surface area (Å²) in [5, 5.41) is 2.91. The average molecular weight is 318 g/mol. The van der Waals surface area contributed by atoms with Crippen LogP contribution in [0.25, 0.3) is 0 Å². The van der Waals surface area contributed by atoms with Gasteiger partial charge in [0, 0.05) is 12.1 Å². The predicted octanol–water partition coefficient (Wildman–Crippen LogP) is 3.93. The molecule has 0 aliphatic carbocycles. The molecule has 6 heteroatoms. The molecule has 0 aliphatic heterocycles. The number of nitrogens with two attached hydrogens (primary N) is 1. The molecule has 0 atom stereocenters. The van der Waals surface area contributed by atoms with Crippen molar-refractivity contribution < 1.29 is 8.78 Å². The summed E-state index contributed by atoms with van der Waals surface area (Å²) < 4.78 is 27.4. The summed E-state index contributed by atoms with van der Waals surface area (Å²) in [6.07, 6.45) is 6.48. The number of nitrogens with one attached hydrogen (secondary N) is 1. The normalized spacial score (nSPS) is 10.6. The highest BCUT2D eigenvalue weighted by molar-refractivity contribution is 7.98. The zero-order valence-electron chi connectivity index (χ0n) is 11.5. The van der Waals surface area contributed by atoms with E-state index >= 15 is 0 Å². The van der Waals surface area contributed by atoms with Crippen molar-refractivity contribution in [3.63, 3.8) is 0 Å². The van der Waals surface area contributed by atoms with Gasteiger partial charge in [-0.1, -0.05) is 25.1 Å². The van der Waals surface area contributed by atoms with Crippen LogP contribution in [0.15, 0.2) is 12.1 Å². The van der Waals surface area contributed by atoms with E-state index < -0.39 is 11.6 Å². The second-order valence-electron chi connectivity index (χ2n) is 4.49. The van der Waals surface area contributed by atoms with Crippen molar-refractivity contribution >= 4 is 34.7 Å². The lowest BCUT2D eigenvalue weighted by atomic mass is 10.1. The third-order valence-corrected chi connectivity index (χ3v) is 3.86. The van der Waals surface area contributed by atoms with Gasteiger partial charge in [-0.2, -0.15) is 11.8 Å². The molecule has 0 amide bonds. The molecule has 1 aromatic rings. The number of hydrogen-bond donors (Lipinski definition) is 2. The van der Waals surface area contributed by atoms with Gasteiger partial charge in [0.05, 0.1) is 5.69 Å². The van der Waals surface area contributed by atoms with Crippen LogP contribution in [0.1, 0.15) is 31.2 Å². The third-order valence-electron chi connectivity index (χ3n) is 2.94. The van der Waals surface area contributed by atoms with Crippen molar-refractivity contribution in [3.8, 4) is 0 Å². The molecule has 112 valence electrons. The van der Waals surface area contributed by atoms with Crippen LogP contribution in [0, 0.1) is 11.6 Å². The minimum absolute atomic E-state index is 0.0554. The molecular formula is C14H20F2N2S2. The highest BCUT2D eigenvalue weighted by Crippen LogP contribution is 2.20. The molecule has 20 heavy (non-hydrogen) atoms. The molecule has 0 fully saturated rings. The Labute approximate surface area is 128 Å². The average Bonchev–Trinajstić information content (AvgIpc) is 2.42. The molecule has 0 saturated carbocycles. The zero-order chi connectivity index (χ0) is 15.0. The monoisotopic (exact) mass is 318 g/mol. The van der Waals surface area contributed by atoms with Crippen LogP contribution in [0.5, 0.6) is 0 Å². The number of anilines is 1. The van der Waals surface area contributed by atoms with E-state index in [1.807, 2.05) is 11.8 Å². The molecule has 0 heterocycles. The summed E-state index contributed by atoms with van der Waals surface area (Å²) in [5.74, 6) is -0.728. The fourth-order valence-corrected chi connectivity index (χ4v) is 2.47. The Bertz CT molecular complexity index is 453. The lowest BCUT2D eigenvalue weighted by Gasteiger charge is -2.10. The molecule has 0 saturated heterocycles. The first-order valence-electron chi connectivity index (χ1n) is 6.58. The topological polar surface area (TPSA) is 38.0 Å². The Hall–Kier alpha value is -0.880. The van der Waals surface area contributed by atoms with Crippen LogP contribution < -0.4 is 11.1 Å². The molecule has 0 unspecified atom stereocenters. The van der Waals surface area contributed by atoms with Crippen molar-refractivity contribution in [1.29, 1.82) is 0 Å². The predicted molar refractivity (Wildman–Crippen MR) is 87.6 cm³/mol. The van der Waals surface area contributed by atoms with Crippen molar-refractivity contribution in [2.75, 3.05) is 23.9 Å². The Kier molecular flexibility index (Phi) is 7.84. The van der Waals surface area contributed by atoms with E-state index in [4.69, 9.17) is 5.73 Å². The Morgan fingerprint density at radius 1 is 1.20 bits per heavy atom. The van der Waals surface area contributed by atoms with Gasteiger partial charge >= 0.3 is 0 Å². The van der Waals surface area contributed by atoms with Gasteiger partial charge < -0.3 is 11.1 Å². The summed E-state index contributed by atoms with van der Waals surface area (Å²) >= 11 is 6.50. The van der Waals surface area contributed by atoms with Crippen molar-refractivity contribution in [2.24, 2.45) is 5.73 Å². The SMILES string of the molecule is CSCCCCCCNc1ccc(C(N)=S)c(F)c1F. The number of rotatable bonds is 9. The van der Waals surface area contributed by atoms with Gasteiger partial charge in [-0.25, -0.2) is 8.78 Å². The van der Waals surface area contributed by atoms with Crippen LogP contribution >= 0.6 is 24.0 Å². The van der Waals surface area contributed by atoms with Gasteiger partial charge in [0.1, 0.15) is 4.99 Å². The first kappa shape index (κ1) is 17.2. The van der Waals surface area contributed by atoms with Gasteiger partial charge in [0.15, 0.2) is 11.6 Å². The molecule has 0 aromatic heterocycles. The van der Waals surface area contributed by atoms with E-state index in [1.54, 1.807) is 0 Å². The molecule has 0 aliphatic rings. The van der Waals surface area contributed by atoms with Crippen molar-refractivity contribution in [2.45, 2.75) is 25.7 Å². The first-order valence-corrected chi connectivity index (χ1v) is 8.38. The number of thiocarbonyl (C=S) groups is 1. The lowest BCUT2D eigenvalue weighted by Crippen LogP contribution is -2.14. The highest BCUT2D eigenvalue weighted by atomic mass is 32.2. The molecule has 0 radical (unpaired) electrons. The second-order valence-corrected chi connectivity index (χ2v) is 5.91. The standard InChI is InChI=1S/C14H20F2N2S2/c1-20-9-5-3-2-4-8-18-11-7-6-10(14(17)19)12(15)13(11)16/h6-7,18H,2-5,8-9H2,1H3,(H2,17,19). The summed E-state index contributed by atoms with van der Waals surface area (Å²) in [6, 6.07) is 2.88. The van der Waals surface area contributed by atoms with Crippen molar-refractivity contribution in [1.82, 2.24) is 0 Å². The number of halogens is 2.